The number of nitrogens with zero attached hydrogens (tertiary/aromatic N) is 3. The minimum atomic E-state index is 0.877. The van der Waals surface area contributed by atoms with E-state index >= 15 is 0 Å². The topological polar surface area (TPSA) is 34.2 Å². The monoisotopic (exact) mass is 703 g/mol. The lowest BCUT2D eigenvalue weighted by molar-refractivity contribution is 0.669. The zero-order valence-electron chi connectivity index (χ0n) is 29.8. The van der Waals surface area contributed by atoms with Crippen LogP contribution < -0.4 is 4.90 Å². The lowest BCUT2D eigenvalue weighted by atomic mass is 9.96. The van der Waals surface area contributed by atoms with Crippen LogP contribution in [-0.2, 0) is 0 Å². The summed E-state index contributed by atoms with van der Waals surface area (Å²) in [5.41, 5.74) is 12.8. The predicted octanol–water partition coefficient (Wildman–Crippen LogP) is 14.0. The van der Waals surface area contributed by atoms with Gasteiger partial charge in [-0.15, -0.1) is 0 Å². The molecule has 0 aliphatic rings. The van der Waals surface area contributed by atoms with Crippen LogP contribution in [0.25, 0.3) is 82.5 Å². The highest BCUT2D eigenvalue weighted by molar-refractivity contribution is 6.10. The Morgan fingerprint density at radius 1 is 0.400 bits per heavy atom. The van der Waals surface area contributed by atoms with Crippen molar-refractivity contribution in [2.45, 2.75) is 0 Å². The minimum Gasteiger partial charge on any atom is -0.456 e. The summed E-state index contributed by atoms with van der Waals surface area (Å²) >= 11 is 0. The summed E-state index contributed by atoms with van der Waals surface area (Å²) < 4.78 is 8.73. The maximum absolute atomic E-state index is 6.40. The molecule has 0 saturated heterocycles. The molecule has 0 unspecified atom stereocenters. The van der Waals surface area contributed by atoms with Crippen LogP contribution in [0, 0.1) is 0 Å². The second kappa shape index (κ2) is 12.6. The van der Waals surface area contributed by atoms with E-state index in [1.807, 2.05) is 30.6 Å². The van der Waals surface area contributed by atoms with Crippen molar-refractivity contribution in [1.82, 2.24) is 9.55 Å². The van der Waals surface area contributed by atoms with Crippen molar-refractivity contribution in [2.24, 2.45) is 0 Å². The molecule has 3 aromatic heterocycles. The van der Waals surface area contributed by atoms with Crippen LogP contribution in [0.5, 0.6) is 0 Å². The van der Waals surface area contributed by atoms with Gasteiger partial charge >= 0.3 is 0 Å². The molecule has 3 heterocycles. The van der Waals surface area contributed by atoms with Crippen molar-refractivity contribution < 1.29 is 4.42 Å². The third kappa shape index (κ3) is 5.26. The van der Waals surface area contributed by atoms with Gasteiger partial charge < -0.3 is 13.9 Å². The van der Waals surface area contributed by atoms with Gasteiger partial charge in [0.25, 0.3) is 0 Å². The molecule has 8 aromatic carbocycles. The van der Waals surface area contributed by atoms with Gasteiger partial charge in [0.05, 0.1) is 22.9 Å². The molecular formula is C51H33N3O. The molecule has 0 N–H and O–H groups in total. The molecule has 0 amide bonds. The van der Waals surface area contributed by atoms with Crippen LogP contribution in [0.1, 0.15) is 0 Å². The summed E-state index contributed by atoms with van der Waals surface area (Å²) in [5.74, 6) is 0. The standard InChI is InChI=1S/C51H33N3O/c1-2-13-40(14-3-1)53(41-23-20-34-11-4-5-12-35(34)28-41)43-29-38(27-39(30-43)37-22-25-47-46-17-7-9-19-50(46)55-51(47)32-37)36-21-24-45-44-16-6-8-18-48(44)54(49(45)31-36)42-15-10-26-52-33-42/h1-33H. The van der Waals surface area contributed by atoms with Crippen molar-refractivity contribution in [2.75, 3.05) is 4.90 Å². The van der Waals surface area contributed by atoms with Crippen molar-refractivity contribution >= 4 is 71.6 Å². The number of benzene rings is 8. The van der Waals surface area contributed by atoms with E-state index in [-0.39, 0.29) is 0 Å². The Bertz CT molecular complexity index is 3210. The number of hydrogen-bond donors (Lipinski definition) is 0. The van der Waals surface area contributed by atoms with Crippen LogP contribution >= 0.6 is 0 Å². The molecule has 55 heavy (non-hydrogen) atoms. The number of aromatic nitrogens is 2. The molecule has 0 bridgehead atoms. The summed E-state index contributed by atoms with van der Waals surface area (Å²) in [7, 11) is 0. The normalized spacial score (nSPS) is 11.6. The van der Waals surface area contributed by atoms with E-state index < -0.39 is 0 Å². The Hall–Kier alpha value is -7.43. The highest BCUT2D eigenvalue weighted by Gasteiger charge is 2.19. The van der Waals surface area contributed by atoms with Gasteiger partial charge in [-0.2, -0.15) is 0 Å². The quantitative estimate of drug-likeness (QED) is 0.173. The zero-order valence-corrected chi connectivity index (χ0v) is 29.8. The lowest BCUT2D eigenvalue weighted by Gasteiger charge is -2.27. The van der Waals surface area contributed by atoms with E-state index in [0.717, 1.165) is 78.0 Å². The average Bonchev–Trinajstić information content (AvgIpc) is 3.79. The summed E-state index contributed by atoms with van der Waals surface area (Å²) in [4.78, 5) is 6.85. The number of hydrogen-bond acceptors (Lipinski definition) is 3. The summed E-state index contributed by atoms with van der Waals surface area (Å²) in [6.45, 7) is 0. The molecule has 0 saturated carbocycles. The molecule has 0 aliphatic heterocycles. The molecule has 4 nitrogen and oxygen atoms in total. The van der Waals surface area contributed by atoms with E-state index in [2.05, 4.69) is 184 Å². The Kier molecular flexibility index (Phi) is 7.14. The molecule has 0 radical (unpaired) electrons. The second-order valence-corrected chi connectivity index (χ2v) is 14.1. The molecule has 4 heteroatoms. The fourth-order valence-electron chi connectivity index (χ4n) is 8.23. The number of fused-ring (bicyclic) bond motifs is 7. The van der Waals surface area contributed by atoms with E-state index in [0.29, 0.717) is 0 Å². The molecule has 11 aromatic rings. The predicted molar refractivity (Wildman–Crippen MR) is 229 cm³/mol. The molecule has 0 aliphatic carbocycles. The Morgan fingerprint density at radius 3 is 1.93 bits per heavy atom. The lowest BCUT2D eigenvalue weighted by Crippen LogP contribution is -2.10. The van der Waals surface area contributed by atoms with Crippen molar-refractivity contribution in [1.29, 1.82) is 0 Å². The van der Waals surface area contributed by atoms with Gasteiger partial charge in [0.2, 0.25) is 0 Å². The van der Waals surface area contributed by atoms with Crippen LogP contribution in [0.2, 0.25) is 0 Å². The third-order valence-corrected chi connectivity index (χ3v) is 10.8. The maximum Gasteiger partial charge on any atom is 0.136 e. The molecule has 0 atom stereocenters. The first-order valence-corrected chi connectivity index (χ1v) is 18.6. The van der Waals surface area contributed by atoms with Crippen LogP contribution in [-0.4, -0.2) is 9.55 Å². The molecule has 0 fully saturated rings. The fraction of sp³-hybridized carbons (Fsp3) is 0. The second-order valence-electron chi connectivity index (χ2n) is 14.1. The maximum atomic E-state index is 6.40. The van der Waals surface area contributed by atoms with Gasteiger partial charge in [-0.25, -0.2) is 0 Å². The van der Waals surface area contributed by atoms with Gasteiger partial charge in [0.1, 0.15) is 11.2 Å². The van der Waals surface area contributed by atoms with Crippen molar-refractivity contribution in [3.05, 3.63) is 200 Å². The summed E-state index contributed by atoms with van der Waals surface area (Å²) in [5, 5.41) is 7.07. The first-order valence-electron chi connectivity index (χ1n) is 18.6. The zero-order chi connectivity index (χ0) is 36.3. The van der Waals surface area contributed by atoms with E-state index in [1.165, 1.54) is 21.5 Å². The summed E-state index contributed by atoms with van der Waals surface area (Å²) in [6, 6.07) is 67.3. The number of para-hydroxylation sites is 3. The number of rotatable bonds is 6. The fourth-order valence-corrected chi connectivity index (χ4v) is 8.23. The van der Waals surface area contributed by atoms with Gasteiger partial charge in [-0.1, -0.05) is 103 Å². The smallest absolute Gasteiger partial charge is 0.136 e. The van der Waals surface area contributed by atoms with Gasteiger partial charge in [-0.3, -0.25) is 4.98 Å². The van der Waals surface area contributed by atoms with Crippen molar-refractivity contribution in [3.8, 4) is 27.9 Å². The molecule has 0 spiro atoms. The van der Waals surface area contributed by atoms with E-state index in [4.69, 9.17) is 4.42 Å². The molecule has 258 valence electrons. The Morgan fingerprint density at radius 2 is 1.09 bits per heavy atom. The van der Waals surface area contributed by atoms with E-state index in [9.17, 15) is 0 Å². The highest BCUT2D eigenvalue weighted by atomic mass is 16.3. The number of furan rings is 1. The largest absolute Gasteiger partial charge is 0.456 e. The summed E-state index contributed by atoms with van der Waals surface area (Å²) in [6.07, 6.45) is 3.76. The third-order valence-electron chi connectivity index (χ3n) is 10.8. The van der Waals surface area contributed by atoms with Crippen molar-refractivity contribution in [3.63, 3.8) is 0 Å². The van der Waals surface area contributed by atoms with Crippen LogP contribution in [0.15, 0.2) is 205 Å². The first kappa shape index (κ1) is 31.1. The minimum absolute atomic E-state index is 0.877. The van der Waals surface area contributed by atoms with Crippen LogP contribution in [0.3, 0.4) is 0 Å². The SMILES string of the molecule is c1ccc(N(c2cc(-c3ccc4c(c3)oc3ccccc34)cc(-c3ccc4c5ccccc5n(-c5cccnc5)c4c3)c2)c2ccc3ccccc3c2)cc1. The van der Waals surface area contributed by atoms with Crippen LogP contribution in [0.4, 0.5) is 17.1 Å². The van der Waals surface area contributed by atoms with Gasteiger partial charge in [0.15, 0.2) is 0 Å². The highest BCUT2D eigenvalue weighted by Crippen LogP contribution is 2.42. The average molecular weight is 704 g/mol. The molecule has 11 rings (SSSR count). The molecular weight excluding hydrogens is 671 g/mol. The van der Waals surface area contributed by atoms with E-state index in [1.54, 1.807) is 0 Å². The van der Waals surface area contributed by atoms with Gasteiger partial charge in [0, 0.05) is 44.8 Å². The first-order chi connectivity index (χ1) is 27.2. The Balaban J connectivity index is 1.16. The van der Waals surface area contributed by atoms with Gasteiger partial charge in [-0.05, 0) is 118 Å². The number of anilines is 3. The Labute approximate surface area is 317 Å². The number of pyridine rings is 1.